The summed E-state index contributed by atoms with van der Waals surface area (Å²) in [6.45, 7) is 11.5. The Kier molecular flexibility index (Phi) is 6.69. The van der Waals surface area contributed by atoms with Gasteiger partial charge in [0.05, 0.1) is 6.61 Å². The van der Waals surface area contributed by atoms with Crippen molar-refractivity contribution < 1.29 is 4.74 Å². The van der Waals surface area contributed by atoms with Crippen LogP contribution in [0.4, 0.5) is 0 Å². The average molecular weight is 250 g/mol. The molecule has 0 unspecified atom stereocenters. The molecule has 1 saturated carbocycles. The van der Waals surface area contributed by atoms with Gasteiger partial charge in [-0.05, 0) is 38.8 Å². The number of hydrogen-bond donors (Lipinski definition) is 0. The first kappa shape index (κ1) is 14.9. The third-order valence-corrected chi connectivity index (χ3v) is 3.24. The normalized spacial score (nSPS) is 17.8. The molecule has 1 aliphatic carbocycles. The zero-order valence-electron chi connectivity index (χ0n) is 12.0. The Bertz CT molecular complexity index is 314. The van der Waals surface area contributed by atoms with Gasteiger partial charge >= 0.3 is 0 Å². The molecule has 0 spiro atoms. The summed E-state index contributed by atoms with van der Waals surface area (Å²) in [5.74, 6) is 1.87. The van der Waals surface area contributed by atoms with Crippen LogP contribution in [0.5, 0.6) is 0 Å². The van der Waals surface area contributed by atoms with Crippen molar-refractivity contribution in [2.75, 3.05) is 13.2 Å². The van der Waals surface area contributed by atoms with Crippen LogP contribution in [0.1, 0.15) is 46.5 Å². The van der Waals surface area contributed by atoms with Crippen molar-refractivity contribution >= 4 is 12.4 Å². The summed E-state index contributed by atoms with van der Waals surface area (Å²) in [6, 6.07) is 0. The number of rotatable bonds is 8. The van der Waals surface area contributed by atoms with E-state index in [9.17, 15) is 0 Å². The van der Waals surface area contributed by atoms with Gasteiger partial charge in [-0.1, -0.05) is 20.3 Å². The quantitative estimate of drug-likeness (QED) is 0.476. The van der Waals surface area contributed by atoms with Crippen molar-refractivity contribution in [3.8, 4) is 0 Å². The van der Waals surface area contributed by atoms with Crippen LogP contribution in [-0.2, 0) is 4.74 Å². The van der Waals surface area contributed by atoms with Crippen LogP contribution >= 0.6 is 0 Å². The molecule has 0 aromatic heterocycles. The molecule has 0 heterocycles. The van der Waals surface area contributed by atoms with Crippen molar-refractivity contribution in [1.29, 1.82) is 0 Å². The molecular formula is C15H26N2O. The minimum absolute atomic E-state index is 0.607. The molecule has 18 heavy (non-hydrogen) atoms. The molecular weight excluding hydrogens is 224 g/mol. The van der Waals surface area contributed by atoms with Crippen LogP contribution in [0, 0.1) is 11.8 Å². The highest BCUT2D eigenvalue weighted by atomic mass is 16.5. The lowest BCUT2D eigenvalue weighted by Gasteiger charge is -2.25. The van der Waals surface area contributed by atoms with Gasteiger partial charge in [0.15, 0.2) is 0 Å². The zero-order chi connectivity index (χ0) is 13.4. The minimum atomic E-state index is 0.607. The number of aliphatic imine (C=N–C) groups is 2. The maximum absolute atomic E-state index is 5.65. The van der Waals surface area contributed by atoms with Crippen LogP contribution in [0.2, 0.25) is 0 Å². The third kappa shape index (κ3) is 5.03. The van der Waals surface area contributed by atoms with E-state index in [0.717, 1.165) is 18.7 Å². The molecule has 3 nitrogen and oxygen atoms in total. The molecule has 0 aliphatic heterocycles. The summed E-state index contributed by atoms with van der Waals surface area (Å²) in [5, 5.41) is 0. The van der Waals surface area contributed by atoms with E-state index in [1.807, 2.05) is 6.08 Å². The Morgan fingerprint density at radius 2 is 2.17 bits per heavy atom. The molecule has 0 aromatic carbocycles. The van der Waals surface area contributed by atoms with E-state index in [1.54, 1.807) is 0 Å². The van der Waals surface area contributed by atoms with Gasteiger partial charge < -0.3 is 4.74 Å². The van der Waals surface area contributed by atoms with Crippen LogP contribution in [0.25, 0.3) is 0 Å². The maximum atomic E-state index is 5.65. The Morgan fingerprint density at radius 3 is 2.61 bits per heavy atom. The van der Waals surface area contributed by atoms with Crippen LogP contribution in [0.15, 0.2) is 21.9 Å². The monoisotopic (exact) mass is 250 g/mol. The Labute approximate surface area is 111 Å². The lowest BCUT2D eigenvalue weighted by Crippen LogP contribution is -2.21. The zero-order valence-corrected chi connectivity index (χ0v) is 12.0. The van der Waals surface area contributed by atoms with Gasteiger partial charge in [-0.3, -0.25) is 4.99 Å². The standard InChI is InChI=1S/C15H26N2O/c1-5-17-14(13-7-6-8-13)11-15(16-4)18-10-9-12(2)3/h11-13H,4-10H2,1-3H3/b15-11+,17-14+. The van der Waals surface area contributed by atoms with Crippen LogP contribution in [0.3, 0.4) is 0 Å². The summed E-state index contributed by atoms with van der Waals surface area (Å²) >= 11 is 0. The number of nitrogens with zero attached hydrogens (tertiary/aromatic N) is 2. The average Bonchev–Trinajstić information content (AvgIpc) is 2.25. The van der Waals surface area contributed by atoms with Gasteiger partial charge in [-0.2, -0.15) is 0 Å². The molecule has 1 aliphatic rings. The van der Waals surface area contributed by atoms with E-state index in [2.05, 4.69) is 37.5 Å². The van der Waals surface area contributed by atoms with Gasteiger partial charge in [0.1, 0.15) is 0 Å². The highest BCUT2D eigenvalue weighted by molar-refractivity contribution is 5.97. The molecule has 0 saturated heterocycles. The molecule has 1 fully saturated rings. The van der Waals surface area contributed by atoms with Gasteiger partial charge in [-0.25, -0.2) is 4.99 Å². The molecule has 0 atom stereocenters. The van der Waals surface area contributed by atoms with Gasteiger partial charge in [-0.15, -0.1) is 0 Å². The molecule has 0 N–H and O–H groups in total. The SMILES string of the molecule is C=N/C(=C\C(=N/CC)C1CCC1)OCCC(C)C. The van der Waals surface area contributed by atoms with Crippen molar-refractivity contribution in [1.82, 2.24) is 0 Å². The second kappa shape index (κ2) is 8.06. The Hall–Kier alpha value is -1.12. The maximum Gasteiger partial charge on any atom is 0.214 e. The summed E-state index contributed by atoms with van der Waals surface area (Å²) in [6.07, 6.45) is 6.81. The van der Waals surface area contributed by atoms with Gasteiger partial charge in [0, 0.05) is 24.3 Å². The lowest BCUT2D eigenvalue weighted by molar-refractivity contribution is 0.194. The molecule has 0 aromatic rings. The van der Waals surface area contributed by atoms with Crippen molar-refractivity contribution in [3.05, 3.63) is 12.0 Å². The summed E-state index contributed by atoms with van der Waals surface area (Å²) < 4.78 is 5.65. The van der Waals surface area contributed by atoms with Crippen molar-refractivity contribution in [3.63, 3.8) is 0 Å². The number of hydrogen-bond acceptors (Lipinski definition) is 3. The fourth-order valence-corrected chi connectivity index (χ4v) is 1.84. The van der Waals surface area contributed by atoms with Crippen molar-refractivity contribution in [2.45, 2.75) is 46.5 Å². The van der Waals surface area contributed by atoms with E-state index in [4.69, 9.17) is 4.74 Å². The van der Waals surface area contributed by atoms with Gasteiger partial charge in [0.25, 0.3) is 0 Å². The fourth-order valence-electron chi connectivity index (χ4n) is 1.84. The first-order chi connectivity index (χ1) is 8.67. The minimum Gasteiger partial charge on any atom is -0.478 e. The smallest absolute Gasteiger partial charge is 0.214 e. The topological polar surface area (TPSA) is 34.0 Å². The highest BCUT2D eigenvalue weighted by Crippen LogP contribution is 2.29. The van der Waals surface area contributed by atoms with Crippen LogP contribution in [-0.4, -0.2) is 25.6 Å². The van der Waals surface area contributed by atoms with E-state index in [0.29, 0.717) is 24.3 Å². The Balaban J connectivity index is 2.56. The number of ether oxygens (including phenoxy) is 1. The lowest BCUT2D eigenvalue weighted by atomic mass is 9.81. The van der Waals surface area contributed by atoms with E-state index >= 15 is 0 Å². The van der Waals surface area contributed by atoms with E-state index in [-0.39, 0.29) is 0 Å². The number of allylic oxidation sites excluding steroid dienone is 1. The predicted octanol–water partition coefficient (Wildman–Crippen LogP) is 3.85. The fraction of sp³-hybridized carbons (Fsp3) is 0.733. The first-order valence-electron chi connectivity index (χ1n) is 7.03. The second-order valence-electron chi connectivity index (χ2n) is 5.20. The molecule has 3 heteroatoms. The molecule has 1 rings (SSSR count). The Morgan fingerprint density at radius 1 is 1.44 bits per heavy atom. The largest absolute Gasteiger partial charge is 0.478 e. The molecule has 0 bridgehead atoms. The van der Waals surface area contributed by atoms with Crippen molar-refractivity contribution in [2.24, 2.45) is 21.8 Å². The molecule has 0 radical (unpaired) electrons. The summed E-state index contributed by atoms with van der Waals surface area (Å²) in [5.41, 5.74) is 1.13. The van der Waals surface area contributed by atoms with Crippen LogP contribution < -0.4 is 0 Å². The third-order valence-electron chi connectivity index (χ3n) is 3.24. The highest BCUT2D eigenvalue weighted by Gasteiger charge is 2.22. The van der Waals surface area contributed by atoms with E-state index < -0.39 is 0 Å². The first-order valence-corrected chi connectivity index (χ1v) is 7.03. The van der Waals surface area contributed by atoms with E-state index in [1.165, 1.54) is 19.3 Å². The molecule has 0 amide bonds. The predicted molar refractivity (Wildman–Crippen MR) is 78.4 cm³/mol. The molecule has 102 valence electrons. The summed E-state index contributed by atoms with van der Waals surface area (Å²) in [4.78, 5) is 8.51. The van der Waals surface area contributed by atoms with Gasteiger partial charge in [0.2, 0.25) is 5.88 Å². The second-order valence-corrected chi connectivity index (χ2v) is 5.20. The summed E-state index contributed by atoms with van der Waals surface area (Å²) in [7, 11) is 0.